The van der Waals surface area contributed by atoms with Crippen LogP contribution >= 0.6 is 15.9 Å². The summed E-state index contributed by atoms with van der Waals surface area (Å²) in [4.78, 5) is 4.62. The number of fused-ring (bicyclic) bond motifs is 1. The van der Waals surface area contributed by atoms with Gasteiger partial charge in [0.2, 0.25) is 0 Å². The monoisotopic (exact) mass is 309 g/mol. The Morgan fingerprint density at radius 2 is 2.44 bits per heavy atom. The first-order valence-corrected chi connectivity index (χ1v) is 7.02. The maximum Gasteiger partial charge on any atom is 0.199 e. The highest BCUT2D eigenvalue weighted by Gasteiger charge is 2.19. The van der Waals surface area contributed by atoms with Crippen molar-refractivity contribution in [1.29, 1.82) is 0 Å². The first-order chi connectivity index (χ1) is 8.79. The van der Waals surface area contributed by atoms with E-state index in [1.807, 2.05) is 18.2 Å². The molecule has 0 radical (unpaired) electrons. The molecular weight excluding hydrogens is 294 g/mol. The van der Waals surface area contributed by atoms with E-state index in [-0.39, 0.29) is 0 Å². The van der Waals surface area contributed by atoms with Crippen molar-refractivity contribution < 1.29 is 4.74 Å². The van der Waals surface area contributed by atoms with Crippen molar-refractivity contribution in [2.75, 3.05) is 13.7 Å². The Balaban J connectivity index is 2.04. The number of pyridine rings is 1. The molecule has 0 aromatic carbocycles. The Morgan fingerprint density at radius 3 is 3.17 bits per heavy atom. The molecule has 0 aliphatic carbocycles. The molecule has 1 N–H and O–H groups in total. The maximum atomic E-state index is 5.43. The van der Waals surface area contributed by atoms with Gasteiger partial charge in [0.05, 0.1) is 12.6 Å². The lowest BCUT2D eigenvalue weighted by Crippen LogP contribution is -2.24. The van der Waals surface area contributed by atoms with Gasteiger partial charge in [0, 0.05) is 12.5 Å². The zero-order valence-electron chi connectivity index (χ0n) is 10.3. The van der Waals surface area contributed by atoms with Gasteiger partial charge < -0.3 is 10.1 Å². The smallest absolute Gasteiger partial charge is 0.199 e. The van der Waals surface area contributed by atoms with Crippen LogP contribution in [0.1, 0.15) is 18.7 Å². The Bertz CT molecular complexity index is 561. The molecule has 0 saturated carbocycles. The number of imidazole rings is 1. The van der Waals surface area contributed by atoms with E-state index in [0.717, 1.165) is 34.8 Å². The minimum atomic E-state index is 0.535. The van der Waals surface area contributed by atoms with E-state index in [9.17, 15) is 0 Å². The van der Waals surface area contributed by atoms with E-state index >= 15 is 0 Å². The van der Waals surface area contributed by atoms with Crippen LogP contribution in [0.4, 0.5) is 0 Å². The first-order valence-electron chi connectivity index (χ1n) is 6.23. The van der Waals surface area contributed by atoms with Crippen molar-refractivity contribution in [3.8, 4) is 5.88 Å². The van der Waals surface area contributed by atoms with E-state index in [1.54, 1.807) is 7.11 Å². The summed E-state index contributed by atoms with van der Waals surface area (Å²) in [6.07, 6.45) is 3.42. The number of halogens is 1. The van der Waals surface area contributed by atoms with Crippen LogP contribution in [0.15, 0.2) is 22.8 Å². The van der Waals surface area contributed by atoms with E-state index in [1.165, 1.54) is 12.8 Å². The Kier molecular flexibility index (Phi) is 3.26. The van der Waals surface area contributed by atoms with E-state index in [0.29, 0.717) is 6.04 Å². The lowest BCUT2D eigenvalue weighted by molar-refractivity contribution is 0.389. The highest BCUT2D eigenvalue weighted by molar-refractivity contribution is 9.10. The molecule has 0 bridgehead atoms. The van der Waals surface area contributed by atoms with Gasteiger partial charge in [-0.1, -0.05) is 6.07 Å². The molecule has 96 valence electrons. The minimum Gasteiger partial charge on any atom is -0.482 e. The van der Waals surface area contributed by atoms with Crippen LogP contribution in [0.5, 0.6) is 5.88 Å². The SMILES string of the molecule is COc1cccc2c(Br)nc(CC3CCCN3)n12. The molecule has 1 atom stereocenters. The largest absolute Gasteiger partial charge is 0.482 e. The Labute approximate surface area is 114 Å². The number of hydrogen-bond donors (Lipinski definition) is 1. The Hall–Kier alpha value is -1.07. The molecule has 18 heavy (non-hydrogen) atoms. The summed E-state index contributed by atoms with van der Waals surface area (Å²) in [7, 11) is 1.69. The number of aromatic nitrogens is 2. The summed E-state index contributed by atoms with van der Waals surface area (Å²) < 4.78 is 8.40. The topological polar surface area (TPSA) is 38.6 Å². The van der Waals surface area contributed by atoms with Crippen LogP contribution in [-0.4, -0.2) is 29.1 Å². The van der Waals surface area contributed by atoms with Gasteiger partial charge in [0.25, 0.3) is 0 Å². The number of nitrogens with zero attached hydrogens (tertiary/aromatic N) is 2. The van der Waals surface area contributed by atoms with Gasteiger partial charge in [-0.2, -0.15) is 0 Å². The highest BCUT2D eigenvalue weighted by atomic mass is 79.9. The number of nitrogens with one attached hydrogen (secondary N) is 1. The molecule has 0 amide bonds. The summed E-state index contributed by atoms with van der Waals surface area (Å²) in [6, 6.07) is 6.53. The molecule has 5 heteroatoms. The first kappa shape index (κ1) is 12.0. The van der Waals surface area contributed by atoms with Gasteiger partial charge in [0.1, 0.15) is 10.4 Å². The predicted octanol–water partition coefficient (Wildman–Crippen LogP) is 2.40. The molecule has 0 spiro atoms. The van der Waals surface area contributed by atoms with Gasteiger partial charge in [-0.05, 0) is 47.4 Å². The number of ether oxygens (including phenoxy) is 1. The second-order valence-electron chi connectivity index (χ2n) is 4.61. The molecule has 3 heterocycles. The third kappa shape index (κ3) is 2.01. The fourth-order valence-electron chi connectivity index (χ4n) is 2.58. The average molecular weight is 310 g/mol. The summed E-state index contributed by atoms with van der Waals surface area (Å²) in [6.45, 7) is 1.12. The standard InChI is InChI=1S/C13H16BrN3O/c1-18-12-6-2-5-10-13(14)16-11(17(10)12)8-9-4-3-7-15-9/h2,5-6,9,15H,3-4,7-8H2,1H3. The van der Waals surface area contributed by atoms with Crippen molar-refractivity contribution in [2.24, 2.45) is 0 Å². The van der Waals surface area contributed by atoms with Crippen LogP contribution in [0.2, 0.25) is 0 Å². The molecular formula is C13H16BrN3O. The quantitative estimate of drug-likeness (QED) is 0.946. The number of hydrogen-bond acceptors (Lipinski definition) is 3. The van der Waals surface area contributed by atoms with Gasteiger partial charge >= 0.3 is 0 Å². The minimum absolute atomic E-state index is 0.535. The van der Waals surface area contributed by atoms with Crippen LogP contribution < -0.4 is 10.1 Å². The molecule has 1 aliphatic rings. The zero-order valence-corrected chi connectivity index (χ0v) is 11.9. The van der Waals surface area contributed by atoms with Gasteiger partial charge in [0.15, 0.2) is 5.88 Å². The molecule has 2 aromatic heterocycles. The lowest BCUT2D eigenvalue weighted by Gasteiger charge is -2.11. The van der Waals surface area contributed by atoms with Crippen molar-refractivity contribution in [3.63, 3.8) is 0 Å². The van der Waals surface area contributed by atoms with E-state index < -0.39 is 0 Å². The van der Waals surface area contributed by atoms with Crippen molar-refractivity contribution in [3.05, 3.63) is 28.6 Å². The van der Waals surface area contributed by atoms with E-state index in [2.05, 4.69) is 30.6 Å². The molecule has 1 saturated heterocycles. The molecule has 1 unspecified atom stereocenters. The van der Waals surface area contributed by atoms with Crippen LogP contribution in [0.3, 0.4) is 0 Å². The normalized spacial score (nSPS) is 19.6. The summed E-state index contributed by atoms with van der Waals surface area (Å²) >= 11 is 3.52. The molecule has 1 fully saturated rings. The molecule has 1 aliphatic heterocycles. The van der Waals surface area contributed by atoms with Crippen molar-refractivity contribution in [1.82, 2.24) is 14.7 Å². The maximum absolute atomic E-state index is 5.43. The van der Waals surface area contributed by atoms with Gasteiger partial charge in [-0.15, -0.1) is 0 Å². The summed E-state index contributed by atoms with van der Waals surface area (Å²) in [5.74, 6) is 1.88. The third-order valence-corrected chi connectivity index (χ3v) is 4.03. The number of rotatable bonds is 3. The third-order valence-electron chi connectivity index (χ3n) is 3.45. The fraction of sp³-hybridized carbons (Fsp3) is 0.462. The van der Waals surface area contributed by atoms with Crippen LogP contribution in [0.25, 0.3) is 5.52 Å². The zero-order chi connectivity index (χ0) is 12.5. The van der Waals surface area contributed by atoms with Crippen molar-refractivity contribution in [2.45, 2.75) is 25.3 Å². The van der Waals surface area contributed by atoms with Crippen molar-refractivity contribution >= 4 is 21.4 Å². The van der Waals surface area contributed by atoms with Crippen LogP contribution in [0, 0.1) is 0 Å². The predicted molar refractivity (Wildman–Crippen MR) is 74.2 cm³/mol. The highest BCUT2D eigenvalue weighted by Crippen LogP contribution is 2.25. The molecule has 3 rings (SSSR count). The van der Waals surface area contributed by atoms with Crippen LogP contribution in [-0.2, 0) is 6.42 Å². The molecule has 2 aromatic rings. The number of methoxy groups -OCH3 is 1. The lowest BCUT2D eigenvalue weighted by atomic mass is 10.1. The Morgan fingerprint density at radius 1 is 1.56 bits per heavy atom. The van der Waals surface area contributed by atoms with E-state index in [4.69, 9.17) is 4.74 Å². The summed E-state index contributed by atoms with van der Waals surface area (Å²) in [5.41, 5.74) is 1.06. The average Bonchev–Trinajstić information content (AvgIpc) is 2.99. The van der Waals surface area contributed by atoms with Gasteiger partial charge in [-0.25, -0.2) is 4.98 Å². The summed E-state index contributed by atoms with van der Waals surface area (Å²) in [5, 5.41) is 3.51. The molecule has 4 nitrogen and oxygen atoms in total. The second-order valence-corrected chi connectivity index (χ2v) is 5.36. The second kappa shape index (κ2) is 4.90. The van der Waals surface area contributed by atoms with Gasteiger partial charge in [-0.3, -0.25) is 4.40 Å². The fourth-order valence-corrected chi connectivity index (χ4v) is 3.10.